The molecule has 0 unspecified atom stereocenters. The maximum Gasteiger partial charge on any atom is 0.225 e. The van der Waals surface area contributed by atoms with E-state index in [1.54, 1.807) is 11.3 Å². The highest BCUT2D eigenvalue weighted by Crippen LogP contribution is 2.30. The van der Waals surface area contributed by atoms with Gasteiger partial charge in [0.25, 0.3) is 0 Å². The molecular weight excluding hydrogens is 294 g/mol. The van der Waals surface area contributed by atoms with Crippen molar-refractivity contribution in [3.63, 3.8) is 0 Å². The average molecular weight is 314 g/mol. The molecule has 2 aromatic heterocycles. The van der Waals surface area contributed by atoms with E-state index < -0.39 is 0 Å². The Morgan fingerprint density at radius 3 is 2.90 bits per heavy atom. The smallest absolute Gasteiger partial charge is 0.225 e. The molecule has 20 heavy (non-hydrogen) atoms. The van der Waals surface area contributed by atoms with Gasteiger partial charge in [0.15, 0.2) is 0 Å². The zero-order chi connectivity index (χ0) is 14.5. The summed E-state index contributed by atoms with van der Waals surface area (Å²) in [4.78, 5) is 10.8. The van der Waals surface area contributed by atoms with Crippen molar-refractivity contribution >= 4 is 39.0 Å². The highest BCUT2D eigenvalue weighted by molar-refractivity contribution is 7.18. The van der Waals surface area contributed by atoms with Gasteiger partial charge >= 0.3 is 0 Å². The summed E-state index contributed by atoms with van der Waals surface area (Å²) in [6.45, 7) is 8.56. The number of anilines is 1. The molecule has 0 aliphatic carbocycles. The van der Waals surface area contributed by atoms with E-state index in [4.69, 9.17) is 16.3 Å². The summed E-state index contributed by atoms with van der Waals surface area (Å²) in [5, 5.41) is 4.61. The molecule has 1 N–H and O–H groups in total. The minimum Gasteiger partial charge on any atom is -0.379 e. The van der Waals surface area contributed by atoms with Gasteiger partial charge in [0.1, 0.15) is 10.6 Å². The molecule has 0 saturated carbocycles. The molecule has 0 aromatic carbocycles. The van der Waals surface area contributed by atoms with Gasteiger partial charge in [0.05, 0.1) is 12.0 Å². The van der Waals surface area contributed by atoms with Crippen LogP contribution < -0.4 is 5.32 Å². The first-order chi connectivity index (χ1) is 9.60. The van der Waals surface area contributed by atoms with Crippen LogP contribution in [0.2, 0.25) is 5.28 Å². The van der Waals surface area contributed by atoms with Crippen molar-refractivity contribution in [1.29, 1.82) is 0 Å². The fourth-order valence-corrected chi connectivity index (χ4v) is 3.00. The lowest BCUT2D eigenvalue weighted by molar-refractivity contribution is 0.118. The van der Waals surface area contributed by atoms with E-state index in [0.29, 0.717) is 19.1 Å². The molecule has 0 fully saturated rings. The number of hydrogen-bond acceptors (Lipinski definition) is 5. The Kier molecular flexibility index (Phi) is 5.57. The summed E-state index contributed by atoms with van der Waals surface area (Å²) in [6, 6.07) is 2.13. The lowest BCUT2D eigenvalue weighted by Gasteiger charge is -2.09. The number of aryl methyl sites for hydroxylation is 1. The van der Waals surface area contributed by atoms with Gasteiger partial charge in [0.2, 0.25) is 5.28 Å². The Hall–Kier alpha value is -0.910. The number of aromatic nitrogens is 2. The Morgan fingerprint density at radius 1 is 1.40 bits per heavy atom. The Balaban J connectivity index is 2.03. The molecule has 0 aliphatic rings. The van der Waals surface area contributed by atoms with E-state index in [2.05, 4.69) is 42.1 Å². The van der Waals surface area contributed by atoms with Crippen molar-refractivity contribution < 1.29 is 4.74 Å². The number of hydrogen-bond donors (Lipinski definition) is 1. The molecule has 2 heterocycles. The molecule has 2 aromatic rings. The first-order valence-electron chi connectivity index (χ1n) is 6.87. The van der Waals surface area contributed by atoms with E-state index in [9.17, 15) is 0 Å². The normalized spacial score (nSPS) is 11.4. The predicted molar refractivity (Wildman–Crippen MR) is 85.9 cm³/mol. The number of nitrogens with one attached hydrogen (secondary N) is 1. The van der Waals surface area contributed by atoms with Gasteiger partial charge in [-0.3, -0.25) is 0 Å². The van der Waals surface area contributed by atoms with Crippen LogP contribution in [-0.4, -0.2) is 29.7 Å². The molecule has 0 amide bonds. The van der Waals surface area contributed by atoms with E-state index in [0.717, 1.165) is 29.1 Å². The van der Waals surface area contributed by atoms with Crippen LogP contribution in [0, 0.1) is 5.92 Å². The third kappa shape index (κ3) is 4.04. The van der Waals surface area contributed by atoms with Gasteiger partial charge in [-0.1, -0.05) is 20.8 Å². The van der Waals surface area contributed by atoms with Crippen molar-refractivity contribution in [2.24, 2.45) is 5.92 Å². The number of fused-ring (bicyclic) bond motifs is 1. The standard InChI is InChI=1S/C14H20ClN3OS/c1-4-10-7-11-12(16-5-6-19-8-9(2)3)17-14(15)18-13(11)20-10/h7,9H,4-6,8H2,1-3H3,(H,16,17,18). The van der Waals surface area contributed by atoms with Crippen LogP contribution in [0.5, 0.6) is 0 Å². The van der Waals surface area contributed by atoms with Crippen LogP contribution in [0.15, 0.2) is 6.07 Å². The van der Waals surface area contributed by atoms with Crippen molar-refractivity contribution in [3.8, 4) is 0 Å². The third-order valence-corrected chi connectivity index (χ3v) is 4.10. The molecule has 6 heteroatoms. The minimum atomic E-state index is 0.285. The van der Waals surface area contributed by atoms with Crippen molar-refractivity contribution in [2.75, 3.05) is 25.1 Å². The molecular formula is C14H20ClN3OS. The van der Waals surface area contributed by atoms with Crippen molar-refractivity contribution in [3.05, 3.63) is 16.2 Å². The number of halogens is 1. The number of ether oxygens (including phenoxy) is 1. The van der Waals surface area contributed by atoms with Crippen molar-refractivity contribution in [2.45, 2.75) is 27.2 Å². The van der Waals surface area contributed by atoms with E-state index in [1.807, 2.05) is 0 Å². The van der Waals surface area contributed by atoms with Crippen LogP contribution in [0.3, 0.4) is 0 Å². The fraction of sp³-hybridized carbons (Fsp3) is 0.571. The highest BCUT2D eigenvalue weighted by Gasteiger charge is 2.10. The second-order valence-electron chi connectivity index (χ2n) is 5.02. The van der Waals surface area contributed by atoms with Crippen LogP contribution in [0.4, 0.5) is 5.82 Å². The van der Waals surface area contributed by atoms with Gasteiger partial charge in [-0.15, -0.1) is 11.3 Å². The van der Waals surface area contributed by atoms with Gasteiger partial charge in [-0.2, -0.15) is 0 Å². The average Bonchev–Trinajstić information content (AvgIpc) is 2.80. The van der Waals surface area contributed by atoms with Crippen LogP contribution in [0.1, 0.15) is 25.6 Å². The second-order valence-corrected chi connectivity index (χ2v) is 6.48. The zero-order valence-corrected chi connectivity index (χ0v) is 13.6. The summed E-state index contributed by atoms with van der Waals surface area (Å²) < 4.78 is 5.55. The molecule has 0 bridgehead atoms. The number of thiophene rings is 1. The van der Waals surface area contributed by atoms with E-state index >= 15 is 0 Å². The van der Waals surface area contributed by atoms with Crippen LogP contribution in [0.25, 0.3) is 10.2 Å². The zero-order valence-electron chi connectivity index (χ0n) is 12.1. The molecule has 0 saturated heterocycles. The Bertz CT molecular complexity index is 571. The molecule has 0 aliphatic heterocycles. The van der Waals surface area contributed by atoms with E-state index in [-0.39, 0.29) is 5.28 Å². The van der Waals surface area contributed by atoms with E-state index in [1.165, 1.54) is 4.88 Å². The summed E-state index contributed by atoms with van der Waals surface area (Å²) >= 11 is 7.64. The summed E-state index contributed by atoms with van der Waals surface area (Å²) in [5.41, 5.74) is 0. The quantitative estimate of drug-likeness (QED) is 0.620. The lowest BCUT2D eigenvalue weighted by Crippen LogP contribution is -2.13. The maximum absolute atomic E-state index is 5.97. The second kappa shape index (κ2) is 7.20. The first-order valence-corrected chi connectivity index (χ1v) is 8.07. The minimum absolute atomic E-state index is 0.285. The van der Waals surface area contributed by atoms with Crippen LogP contribution in [-0.2, 0) is 11.2 Å². The van der Waals surface area contributed by atoms with Crippen molar-refractivity contribution in [1.82, 2.24) is 9.97 Å². The summed E-state index contributed by atoms with van der Waals surface area (Å²) in [7, 11) is 0. The monoisotopic (exact) mass is 313 g/mol. The topological polar surface area (TPSA) is 47.0 Å². The summed E-state index contributed by atoms with van der Waals surface area (Å²) in [6.07, 6.45) is 0.996. The first kappa shape index (κ1) is 15.5. The summed E-state index contributed by atoms with van der Waals surface area (Å²) in [5.74, 6) is 1.35. The largest absolute Gasteiger partial charge is 0.379 e. The van der Waals surface area contributed by atoms with Gasteiger partial charge in [-0.25, -0.2) is 9.97 Å². The Morgan fingerprint density at radius 2 is 2.20 bits per heavy atom. The highest BCUT2D eigenvalue weighted by atomic mass is 35.5. The molecule has 0 spiro atoms. The Labute approximate surface area is 128 Å². The van der Waals surface area contributed by atoms with Crippen LogP contribution >= 0.6 is 22.9 Å². The SMILES string of the molecule is CCc1cc2c(NCCOCC(C)C)nc(Cl)nc2s1. The molecule has 4 nitrogen and oxygen atoms in total. The number of nitrogens with zero attached hydrogens (tertiary/aromatic N) is 2. The molecule has 0 radical (unpaired) electrons. The maximum atomic E-state index is 5.97. The van der Waals surface area contributed by atoms with Gasteiger partial charge < -0.3 is 10.1 Å². The molecule has 2 rings (SSSR count). The predicted octanol–water partition coefficient (Wildman–Crippen LogP) is 3.99. The molecule has 0 atom stereocenters. The third-order valence-electron chi connectivity index (χ3n) is 2.75. The number of rotatable bonds is 7. The fourth-order valence-electron chi connectivity index (χ4n) is 1.81. The van der Waals surface area contributed by atoms with Gasteiger partial charge in [0, 0.05) is 18.0 Å². The lowest BCUT2D eigenvalue weighted by atomic mass is 10.2. The van der Waals surface area contributed by atoms with Gasteiger partial charge in [-0.05, 0) is 30.0 Å². The molecule has 110 valence electrons.